The first-order valence-corrected chi connectivity index (χ1v) is 11.5. The van der Waals surface area contributed by atoms with Gasteiger partial charge in [0.15, 0.2) is 5.96 Å². The summed E-state index contributed by atoms with van der Waals surface area (Å²) in [6.07, 6.45) is 2.86. The predicted octanol–water partition coefficient (Wildman–Crippen LogP) is 2.84. The molecule has 1 aliphatic rings. The van der Waals surface area contributed by atoms with Crippen molar-refractivity contribution >= 4 is 11.9 Å². The highest BCUT2D eigenvalue weighted by molar-refractivity contribution is 5.80. The van der Waals surface area contributed by atoms with Crippen LogP contribution in [0.5, 0.6) is 0 Å². The maximum Gasteiger partial charge on any atom is 0.224 e. The van der Waals surface area contributed by atoms with Crippen molar-refractivity contribution in [2.24, 2.45) is 4.99 Å². The number of rotatable bonds is 10. The summed E-state index contributed by atoms with van der Waals surface area (Å²) >= 11 is 0. The highest BCUT2D eigenvalue weighted by atomic mass is 19.1. The van der Waals surface area contributed by atoms with Gasteiger partial charge in [0, 0.05) is 26.2 Å². The Labute approximate surface area is 190 Å². The molecule has 1 amide bonds. The molecule has 2 aromatic rings. The molecule has 2 aromatic carbocycles. The molecule has 1 saturated heterocycles. The lowest BCUT2D eigenvalue weighted by atomic mass is 10.1. The van der Waals surface area contributed by atoms with Crippen molar-refractivity contribution in [3.63, 3.8) is 0 Å². The van der Waals surface area contributed by atoms with E-state index in [9.17, 15) is 9.18 Å². The molecule has 0 spiro atoms. The number of carbonyl (C=O) groups excluding carboxylic acids is 1. The molecule has 0 atom stereocenters. The highest BCUT2D eigenvalue weighted by Gasteiger charge is 2.11. The maximum absolute atomic E-state index is 12.9. The lowest BCUT2D eigenvalue weighted by Crippen LogP contribution is -2.41. The third kappa shape index (κ3) is 8.30. The van der Waals surface area contributed by atoms with E-state index in [-0.39, 0.29) is 18.1 Å². The molecule has 1 aliphatic heterocycles. The van der Waals surface area contributed by atoms with Crippen molar-refractivity contribution in [3.8, 4) is 0 Å². The van der Waals surface area contributed by atoms with Crippen LogP contribution in [0.3, 0.4) is 0 Å². The smallest absolute Gasteiger partial charge is 0.224 e. The average molecular weight is 440 g/mol. The number of aliphatic imine (C=N–C) groups is 1. The molecule has 172 valence electrons. The lowest BCUT2D eigenvalue weighted by Gasteiger charge is -2.14. The molecule has 1 fully saturated rings. The first kappa shape index (κ1) is 23.7. The van der Waals surface area contributed by atoms with Gasteiger partial charge in [-0.05, 0) is 61.7 Å². The van der Waals surface area contributed by atoms with E-state index in [1.54, 1.807) is 12.1 Å². The molecule has 0 saturated carbocycles. The van der Waals surface area contributed by atoms with Gasteiger partial charge in [0.05, 0.1) is 13.0 Å². The van der Waals surface area contributed by atoms with E-state index < -0.39 is 0 Å². The SMILES string of the molecule is CCNC(=NCc1ccc(CN2CCCC2)cc1)NCCNC(=O)Cc1ccc(F)cc1. The second-order valence-corrected chi connectivity index (χ2v) is 8.07. The van der Waals surface area contributed by atoms with E-state index in [4.69, 9.17) is 0 Å². The number of amides is 1. The van der Waals surface area contributed by atoms with Crippen LogP contribution in [-0.2, 0) is 24.3 Å². The molecule has 6 nitrogen and oxygen atoms in total. The summed E-state index contributed by atoms with van der Waals surface area (Å²) in [6.45, 7) is 7.86. The fraction of sp³-hybridized carbons (Fsp3) is 0.440. The quantitative estimate of drug-likeness (QED) is 0.303. The summed E-state index contributed by atoms with van der Waals surface area (Å²) in [5.41, 5.74) is 3.30. The number of benzene rings is 2. The molecule has 3 N–H and O–H groups in total. The zero-order chi connectivity index (χ0) is 22.6. The molecule has 0 bridgehead atoms. The molecule has 7 heteroatoms. The van der Waals surface area contributed by atoms with Crippen molar-refractivity contribution in [2.45, 2.75) is 39.3 Å². The van der Waals surface area contributed by atoms with Crippen molar-refractivity contribution < 1.29 is 9.18 Å². The summed E-state index contributed by atoms with van der Waals surface area (Å²) in [4.78, 5) is 19.2. The Morgan fingerprint density at radius 2 is 1.53 bits per heavy atom. The minimum atomic E-state index is -0.299. The molecular weight excluding hydrogens is 405 g/mol. The van der Waals surface area contributed by atoms with Crippen LogP contribution in [0.2, 0.25) is 0 Å². The van der Waals surface area contributed by atoms with Crippen molar-refractivity contribution in [1.29, 1.82) is 0 Å². The van der Waals surface area contributed by atoms with Crippen LogP contribution in [0, 0.1) is 5.82 Å². The number of nitrogens with one attached hydrogen (secondary N) is 3. The summed E-state index contributed by atoms with van der Waals surface area (Å²) in [5, 5.41) is 9.35. The van der Waals surface area contributed by atoms with E-state index >= 15 is 0 Å². The average Bonchev–Trinajstić information content (AvgIpc) is 3.30. The number of halogens is 1. The number of hydrogen-bond donors (Lipinski definition) is 3. The van der Waals surface area contributed by atoms with Gasteiger partial charge in [-0.15, -0.1) is 0 Å². The molecule has 32 heavy (non-hydrogen) atoms. The molecule has 0 aliphatic carbocycles. The second-order valence-electron chi connectivity index (χ2n) is 8.07. The van der Waals surface area contributed by atoms with Gasteiger partial charge in [0.25, 0.3) is 0 Å². The Bertz CT molecular complexity index is 861. The van der Waals surface area contributed by atoms with Gasteiger partial charge < -0.3 is 16.0 Å². The Hall–Kier alpha value is -2.93. The standard InChI is InChI=1S/C25H34FN5O/c1-2-27-25(29-14-13-28-24(32)17-20-9-11-23(26)12-10-20)30-18-21-5-7-22(8-6-21)19-31-15-3-4-16-31/h5-12H,2-4,13-19H2,1H3,(H,28,32)(H2,27,29,30). The molecule has 0 aromatic heterocycles. The number of carbonyl (C=O) groups is 1. The van der Waals surface area contributed by atoms with E-state index in [1.165, 1.54) is 49.2 Å². The second kappa shape index (κ2) is 12.8. The van der Waals surface area contributed by atoms with Gasteiger partial charge in [-0.25, -0.2) is 9.38 Å². The normalized spacial score (nSPS) is 14.4. The third-order valence-corrected chi connectivity index (χ3v) is 5.41. The van der Waals surface area contributed by atoms with Crippen LogP contribution in [0.4, 0.5) is 4.39 Å². The van der Waals surface area contributed by atoms with Crippen molar-refractivity contribution in [3.05, 3.63) is 71.0 Å². The summed E-state index contributed by atoms with van der Waals surface area (Å²) < 4.78 is 12.9. The molecule has 0 unspecified atom stereocenters. The minimum absolute atomic E-state index is 0.0885. The van der Waals surface area contributed by atoms with Gasteiger partial charge in [-0.2, -0.15) is 0 Å². The summed E-state index contributed by atoms with van der Waals surface area (Å²) in [7, 11) is 0. The monoisotopic (exact) mass is 439 g/mol. The Morgan fingerprint density at radius 3 is 2.22 bits per heavy atom. The first-order valence-electron chi connectivity index (χ1n) is 11.5. The zero-order valence-corrected chi connectivity index (χ0v) is 18.9. The van der Waals surface area contributed by atoms with Crippen LogP contribution >= 0.6 is 0 Å². The van der Waals surface area contributed by atoms with E-state index in [2.05, 4.69) is 50.1 Å². The largest absolute Gasteiger partial charge is 0.357 e. The summed E-state index contributed by atoms with van der Waals surface area (Å²) in [5.74, 6) is 0.336. The van der Waals surface area contributed by atoms with Gasteiger partial charge in [0.1, 0.15) is 5.82 Å². The number of nitrogens with zero attached hydrogens (tertiary/aromatic N) is 2. The van der Waals surface area contributed by atoms with Crippen LogP contribution in [0.15, 0.2) is 53.5 Å². The molecular formula is C25H34FN5O. The van der Waals surface area contributed by atoms with E-state index in [1.807, 2.05) is 6.92 Å². The topological polar surface area (TPSA) is 68.8 Å². The Morgan fingerprint density at radius 1 is 0.906 bits per heavy atom. The Kier molecular flexibility index (Phi) is 9.50. The highest BCUT2D eigenvalue weighted by Crippen LogP contribution is 2.13. The van der Waals surface area contributed by atoms with Crippen LogP contribution in [0.1, 0.15) is 36.5 Å². The number of hydrogen-bond acceptors (Lipinski definition) is 3. The molecule has 3 rings (SSSR count). The molecule has 1 heterocycles. The van der Waals surface area contributed by atoms with E-state index in [0.29, 0.717) is 19.6 Å². The van der Waals surface area contributed by atoms with Gasteiger partial charge in [0.2, 0.25) is 5.91 Å². The summed E-state index contributed by atoms with van der Waals surface area (Å²) in [6, 6.07) is 14.7. The minimum Gasteiger partial charge on any atom is -0.357 e. The third-order valence-electron chi connectivity index (χ3n) is 5.41. The van der Waals surface area contributed by atoms with Crippen LogP contribution in [-0.4, -0.2) is 49.5 Å². The molecule has 0 radical (unpaired) electrons. The van der Waals surface area contributed by atoms with E-state index in [0.717, 1.165) is 24.6 Å². The van der Waals surface area contributed by atoms with Gasteiger partial charge in [-0.3, -0.25) is 9.69 Å². The van der Waals surface area contributed by atoms with Gasteiger partial charge >= 0.3 is 0 Å². The van der Waals surface area contributed by atoms with Gasteiger partial charge in [-0.1, -0.05) is 36.4 Å². The van der Waals surface area contributed by atoms with Crippen LogP contribution in [0.25, 0.3) is 0 Å². The lowest BCUT2D eigenvalue weighted by molar-refractivity contribution is -0.120. The first-order chi connectivity index (χ1) is 15.6. The van der Waals surface area contributed by atoms with Crippen LogP contribution < -0.4 is 16.0 Å². The number of guanidine groups is 1. The fourth-order valence-corrected chi connectivity index (χ4v) is 3.69. The fourth-order valence-electron chi connectivity index (χ4n) is 3.69. The van der Waals surface area contributed by atoms with Crippen molar-refractivity contribution in [1.82, 2.24) is 20.9 Å². The number of likely N-dealkylation sites (tertiary alicyclic amines) is 1. The zero-order valence-electron chi connectivity index (χ0n) is 18.9. The van der Waals surface area contributed by atoms with Crippen molar-refractivity contribution in [2.75, 3.05) is 32.7 Å². The Balaban J connectivity index is 1.39. The maximum atomic E-state index is 12.9. The predicted molar refractivity (Wildman–Crippen MR) is 127 cm³/mol.